The lowest BCUT2D eigenvalue weighted by Gasteiger charge is -2.20. The monoisotopic (exact) mass is 337 g/mol. The van der Waals surface area contributed by atoms with E-state index >= 15 is 0 Å². The van der Waals surface area contributed by atoms with Gasteiger partial charge < -0.3 is 19.9 Å². The Hall–Kier alpha value is -1.75. The van der Waals surface area contributed by atoms with Gasteiger partial charge in [0.25, 0.3) is 0 Å². The summed E-state index contributed by atoms with van der Waals surface area (Å²) < 4.78 is 16.1. The van der Waals surface area contributed by atoms with Gasteiger partial charge in [-0.1, -0.05) is 32.3 Å². The molecule has 24 heavy (non-hydrogen) atoms. The number of carbonyl (C=O) groups is 1. The van der Waals surface area contributed by atoms with Crippen molar-refractivity contribution in [1.82, 2.24) is 0 Å². The standard InChI is InChI=1S/C19H31NO4/c1-4-5-6-8-15(13-19(21)23-3)17-10-9-16(14-18(17)22-2)24-12-7-11-20/h9-10,14-15H,4-8,11-13,20H2,1-3H3. The van der Waals surface area contributed by atoms with Crippen molar-refractivity contribution < 1.29 is 19.0 Å². The van der Waals surface area contributed by atoms with Crippen LogP contribution in [0.3, 0.4) is 0 Å². The van der Waals surface area contributed by atoms with E-state index in [1.54, 1.807) is 7.11 Å². The molecular weight excluding hydrogens is 306 g/mol. The van der Waals surface area contributed by atoms with Crippen LogP contribution in [0.1, 0.15) is 56.9 Å². The fourth-order valence-corrected chi connectivity index (χ4v) is 2.68. The minimum Gasteiger partial charge on any atom is -0.496 e. The van der Waals surface area contributed by atoms with E-state index in [-0.39, 0.29) is 11.9 Å². The predicted octanol–water partition coefficient (Wildman–Crippen LogP) is 3.65. The summed E-state index contributed by atoms with van der Waals surface area (Å²) in [6, 6.07) is 5.81. The van der Waals surface area contributed by atoms with Crippen LogP contribution in [-0.4, -0.2) is 33.3 Å². The lowest BCUT2D eigenvalue weighted by molar-refractivity contribution is -0.141. The van der Waals surface area contributed by atoms with Crippen molar-refractivity contribution in [1.29, 1.82) is 0 Å². The Morgan fingerprint density at radius 1 is 1.21 bits per heavy atom. The molecule has 0 aliphatic heterocycles. The number of methoxy groups -OCH3 is 2. The molecule has 0 aromatic heterocycles. The molecule has 0 radical (unpaired) electrons. The molecule has 0 bridgehead atoms. The number of hydrogen-bond donors (Lipinski definition) is 1. The molecule has 5 heteroatoms. The van der Waals surface area contributed by atoms with E-state index in [0.29, 0.717) is 19.6 Å². The van der Waals surface area contributed by atoms with Crippen LogP contribution in [0.2, 0.25) is 0 Å². The van der Waals surface area contributed by atoms with Crippen LogP contribution in [0, 0.1) is 0 Å². The Bertz CT molecular complexity index is 490. The van der Waals surface area contributed by atoms with Crippen LogP contribution >= 0.6 is 0 Å². The van der Waals surface area contributed by atoms with E-state index in [0.717, 1.165) is 49.2 Å². The quantitative estimate of drug-likeness (QED) is 0.466. The van der Waals surface area contributed by atoms with E-state index in [2.05, 4.69) is 6.92 Å². The number of unbranched alkanes of at least 4 members (excludes halogenated alkanes) is 2. The minimum atomic E-state index is -0.193. The predicted molar refractivity (Wildman–Crippen MR) is 95.7 cm³/mol. The third kappa shape index (κ3) is 6.79. The zero-order valence-corrected chi connectivity index (χ0v) is 15.2. The van der Waals surface area contributed by atoms with Crippen LogP contribution in [0.5, 0.6) is 11.5 Å². The second-order valence-electron chi connectivity index (χ2n) is 5.87. The average Bonchev–Trinajstić information content (AvgIpc) is 2.61. The molecule has 1 aromatic rings. The molecule has 136 valence electrons. The number of hydrogen-bond acceptors (Lipinski definition) is 5. The molecule has 0 saturated carbocycles. The van der Waals surface area contributed by atoms with Gasteiger partial charge in [-0.25, -0.2) is 0 Å². The fraction of sp³-hybridized carbons (Fsp3) is 0.632. The Labute approximate surface area is 145 Å². The van der Waals surface area contributed by atoms with Crippen molar-refractivity contribution in [3.8, 4) is 11.5 Å². The molecule has 0 amide bonds. The summed E-state index contributed by atoms with van der Waals surface area (Å²) in [5.74, 6) is 1.42. The van der Waals surface area contributed by atoms with Crippen LogP contribution in [0.15, 0.2) is 18.2 Å². The van der Waals surface area contributed by atoms with Crippen molar-refractivity contribution in [2.45, 2.75) is 51.4 Å². The van der Waals surface area contributed by atoms with E-state index in [4.69, 9.17) is 19.9 Å². The van der Waals surface area contributed by atoms with Gasteiger partial charge in [0.1, 0.15) is 11.5 Å². The van der Waals surface area contributed by atoms with Gasteiger partial charge in [-0.2, -0.15) is 0 Å². The molecule has 1 aromatic carbocycles. The summed E-state index contributed by atoms with van der Waals surface area (Å²) >= 11 is 0. The van der Waals surface area contributed by atoms with E-state index < -0.39 is 0 Å². The third-order valence-electron chi connectivity index (χ3n) is 4.06. The van der Waals surface area contributed by atoms with Crippen LogP contribution in [0.25, 0.3) is 0 Å². The summed E-state index contributed by atoms with van der Waals surface area (Å²) in [6.45, 7) is 3.36. The summed E-state index contributed by atoms with van der Waals surface area (Å²) in [7, 11) is 3.07. The lowest BCUT2D eigenvalue weighted by Crippen LogP contribution is -2.10. The van der Waals surface area contributed by atoms with Crippen LogP contribution in [-0.2, 0) is 9.53 Å². The normalized spacial score (nSPS) is 11.8. The lowest BCUT2D eigenvalue weighted by atomic mass is 9.89. The molecule has 0 aliphatic carbocycles. The second kappa shape index (κ2) is 11.7. The number of carbonyl (C=O) groups excluding carboxylic acids is 1. The van der Waals surface area contributed by atoms with Crippen molar-refractivity contribution >= 4 is 5.97 Å². The molecule has 0 spiro atoms. The first-order chi connectivity index (χ1) is 11.7. The Morgan fingerprint density at radius 3 is 2.62 bits per heavy atom. The maximum Gasteiger partial charge on any atom is 0.306 e. The van der Waals surface area contributed by atoms with E-state index in [1.165, 1.54) is 7.11 Å². The summed E-state index contributed by atoms with van der Waals surface area (Å²) in [4.78, 5) is 11.8. The molecule has 2 N–H and O–H groups in total. The highest BCUT2D eigenvalue weighted by Crippen LogP contribution is 2.35. The molecule has 0 aliphatic rings. The highest BCUT2D eigenvalue weighted by atomic mass is 16.5. The Balaban J connectivity index is 2.91. The van der Waals surface area contributed by atoms with Crippen molar-refractivity contribution in [3.63, 3.8) is 0 Å². The maximum absolute atomic E-state index is 11.8. The highest BCUT2D eigenvalue weighted by molar-refractivity contribution is 5.70. The number of nitrogens with two attached hydrogens (primary N) is 1. The number of rotatable bonds is 12. The SMILES string of the molecule is CCCCCC(CC(=O)OC)c1ccc(OCCCN)cc1OC. The van der Waals surface area contributed by atoms with Gasteiger partial charge in [-0.3, -0.25) is 4.79 Å². The van der Waals surface area contributed by atoms with Gasteiger partial charge in [0, 0.05) is 6.07 Å². The van der Waals surface area contributed by atoms with E-state index in [9.17, 15) is 4.79 Å². The first kappa shape index (κ1) is 20.3. The van der Waals surface area contributed by atoms with Gasteiger partial charge in [0.2, 0.25) is 0 Å². The molecular formula is C19H31NO4. The zero-order chi connectivity index (χ0) is 17.8. The van der Waals surface area contributed by atoms with Crippen molar-refractivity contribution in [2.75, 3.05) is 27.4 Å². The van der Waals surface area contributed by atoms with Gasteiger partial charge >= 0.3 is 5.97 Å². The summed E-state index contributed by atoms with van der Waals surface area (Å²) in [5.41, 5.74) is 6.51. The largest absolute Gasteiger partial charge is 0.496 e. The van der Waals surface area contributed by atoms with Gasteiger partial charge in [-0.15, -0.1) is 0 Å². The highest BCUT2D eigenvalue weighted by Gasteiger charge is 2.20. The first-order valence-electron chi connectivity index (χ1n) is 8.73. The van der Waals surface area contributed by atoms with Gasteiger partial charge in [0.15, 0.2) is 0 Å². The average molecular weight is 337 g/mol. The molecule has 5 nitrogen and oxygen atoms in total. The van der Waals surface area contributed by atoms with Crippen molar-refractivity contribution in [3.05, 3.63) is 23.8 Å². The Kier molecular flexibility index (Phi) is 9.92. The zero-order valence-electron chi connectivity index (χ0n) is 15.2. The first-order valence-corrected chi connectivity index (χ1v) is 8.73. The molecule has 1 unspecified atom stereocenters. The summed E-state index contributed by atoms with van der Waals surface area (Å²) in [6.07, 6.45) is 5.50. The molecule has 0 saturated heterocycles. The smallest absolute Gasteiger partial charge is 0.306 e. The molecule has 0 heterocycles. The topological polar surface area (TPSA) is 70.8 Å². The number of esters is 1. The summed E-state index contributed by atoms with van der Waals surface area (Å²) in [5, 5.41) is 0. The van der Waals surface area contributed by atoms with Crippen LogP contribution < -0.4 is 15.2 Å². The molecule has 1 atom stereocenters. The Morgan fingerprint density at radius 2 is 2.00 bits per heavy atom. The molecule has 1 rings (SSSR count). The van der Waals surface area contributed by atoms with Crippen molar-refractivity contribution in [2.24, 2.45) is 5.73 Å². The molecule has 0 fully saturated rings. The third-order valence-corrected chi connectivity index (χ3v) is 4.06. The van der Waals surface area contributed by atoms with Crippen LogP contribution in [0.4, 0.5) is 0 Å². The minimum absolute atomic E-state index is 0.0945. The van der Waals surface area contributed by atoms with Gasteiger partial charge in [-0.05, 0) is 36.9 Å². The maximum atomic E-state index is 11.8. The van der Waals surface area contributed by atoms with Gasteiger partial charge in [0.05, 0.1) is 27.2 Å². The number of benzene rings is 1. The van der Waals surface area contributed by atoms with E-state index in [1.807, 2.05) is 18.2 Å². The fourth-order valence-electron chi connectivity index (χ4n) is 2.68. The second-order valence-corrected chi connectivity index (χ2v) is 5.87. The number of ether oxygens (including phenoxy) is 3.